The highest BCUT2D eigenvalue weighted by molar-refractivity contribution is 8.18. The number of nitrogens with one attached hydrogen (secondary N) is 1. The number of amides is 3. The number of carbonyl (C=O) groups is 3. The number of hydrogen-bond donors (Lipinski definition) is 1. The van der Waals surface area contributed by atoms with Crippen molar-refractivity contribution < 1.29 is 27.6 Å². The van der Waals surface area contributed by atoms with Crippen LogP contribution in [0.3, 0.4) is 0 Å². The summed E-state index contributed by atoms with van der Waals surface area (Å²) in [5.41, 5.74) is 0.276. The predicted octanol–water partition coefficient (Wildman–Crippen LogP) is 6.08. The van der Waals surface area contributed by atoms with E-state index in [-0.39, 0.29) is 16.5 Å². The molecule has 1 aromatic heterocycles. The first-order valence-corrected chi connectivity index (χ1v) is 12.0. The number of imide groups is 1. The zero-order valence-electron chi connectivity index (χ0n) is 17.6. The summed E-state index contributed by atoms with van der Waals surface area (Å²) in [6.07, 6.45) is -1.29. The molecule has 0 saturated carbocycles. The lowest BCUT2D eigenvalue weighted by atomic mass is 10.1. The molecule has 0 aliphatic carbocycles. The number of hydrogen-bond acceptors (Lipinski definition) is 6. The number of thioether (sulfide) groups is 1. The van der Waals surface area contributed by atoms with Crippen LogP contribution in [0.4, 0.5) is 23.1 Å². The fraction of sp³-hybridized carbons (Fsp3) is 0.130. The molecule has 1 N–H and O–H groups in total. The average Bonchev–Trinajstić information content (AvgIpc) is 3.34. The third kappa shape index (κ3) is 6.11. The molecule has 2 aromatic carbocycles. The van der Waals surface area contributed by atoms with Gasteiger partial charge in [0.1, 0.15) is 6.54 Å². The van der Waals surface area contributed by atoms with Gasteiger partial charge in [0.05, 0.1) is 10.5 Å². The van der Waals surface area contributed by atoms with E-state index in [0.717, 1.165) is 28.4 Å². The van der Waals surface area contributed by atoms with Crippen LogP contribution in [0.25, 0.3) is 6.08 Å². The molecule has 35 heavy (non-hydrogen) atoms. The van der Waals surface area contributed by atoms with Gasteiger partial charge in [0, 0.05) is 22.5 Å². The molecule has 12 heteroatoms. The monoisotopic (exact) mass is 537 g/mol. The summed E-state index contributed by atoms with van der Waals surface area (Å²) < 4.78 is 38.7. The Morgan fingerprint density at radius 3 is 2.66 bits per heavy atom. The summed E-state index contributed by atoms with van der Waals surface area (Å²) in [7, 11) is 0. The van der Waals surface area contributed by atoms with E-state index in [9.17, 15) is 27.6 Å². The normalized spacial score (nSPS) is 15.2. The van der Waals surface area contributed by atoms with Gasteiger partial charge in [-0.3, -0.25) is 19.3 Å². The maximum absolute atomic E-state index is 12.9. The molecule has 2 heterocycles. The van der Waals surface area contributed by atoms with Crippen molar-refractivity contribution in [1.29, 1.82) is 0 Å². The predicted molar refractivity (Wildman–Crippen MR) is 129 cm³/mol. The molecule has 6 nitrogen and oxygen atoms in total. The molecule has 1 aliphatic heterocycles. The molecule has 0 bridgehead atoms. The van der Waals surface area contributed by atoms with Crippen molar-refractivity contribution in [2.24, 2.45) is 0 Å². The number of aromatic nitrogens is 1. The zero-order chi connectivity index (χ0) is 25.2. The Bertz CT molecular complexity index is 1340. The molecule has 1 fully saturated rings. The van der Waals surface area contributed by atoms with Crippen molar-refractivity contribution in [3.8, 4) is 0 Å². The number of alkyl halides is 3. The van der Waals surface area contributed by atoms with Gasteiger partial charge in [-0.25, -0.2) is 4.98 Å². The van der Waals surface area contributed by atoms with E-state index in [1.54, 1.807) is 30.3 Å². The molecule has 0 spiro atoms. The first kappa shape index (κ1) is 25.0. The Morgan fingerprint density at radius 1 is 1.14 bits per heavy atom. The molecule has 0 radical (unpaired) electrons. The van der Waals surface area contributed by atoms with Crippen molar-refractivity contribution >= 4 is 63.0 Å². The highest BCUT2D eigenvalue weighted by Gasteiger charge is 2.36. The summed E-state index contributed by atoms with van der Waals surface area (Å²) in [4.78, 5) is 43.0. The van der Waals surface area contributed by atoms with Gasteiger partial charge >= 0.3 is 6.18 Å². The lowest BCUT2D eigenvalue weighted by Crippen LogP contribution is -2.36. The fourth-order valence-electron chi connectivity index (χ4n) is 3.18. The summed E-state index contributed by atoms with van der Waals surface area (Å²) in [6.45, 7) is -0.507. The lowest BCUT2D eigenvalue weighted by molar-refractivity contribution is -0.137. The SMILES string of the molecule is O=C(CN1C(=O)S/C(=C\c2ccccc2Cl)C1=O)Nc1ncc(Cc2cccc(C(F)(F)F)c2)s1. The van der Waals surface area contributed by atoms with Crippen LogP contribution >= 0.6 is 34.7 Å². The van der Waals surface area contributed by atoms with E-state index in [1.807, 2.05) is 0 Å². The fourth-order valence-corrected chi connectivity index (χ4v) is 5.06. The Morgan fingerprint density at radius 2 is 1.91 bits per heavy atom. The topological polar surface area (TPSA) is 79.4 Å². The van der Waals surface area contributed by atoms with Gasteiger partial charge in [0.2, 0.25) is 5.91 Å². The average molecular weight is 538 g/mol. The van der Waals surface area contributed by atoms with Crippen LogP contribution in [0.5, 0.6) is 0 Å². The smallest absolute Gasteiger partial charge is 0.300 e. The number of anilines is 1. The lowest BCUT2D eigenvalue weighted by Gasteiger charge is -2.11. The number of benzene rings is 2. The minimum atomic E-state index is -4.44. The van der Waals surface area contributed by atoms with Crippen LogP contribution in [-0.2, 0) is 22.2 Å². The quantitative estimate of drug-likeness (QED) is 0.385. The molecular formula is C23H15ClF3N3O3S2. The first-order valence-electron chi connectivity index (χ1n) is 10.0. The van der Waals surface area contributed by atoms with E-state index in [2.05, 4.69) is 10.3 Å². The van der Waals surface area contributed by atoms with Crippen molar-refractivity contribution in [1.82, 2.24) is 9.88 Å². The van der Waals surface area contributed by atoms with E-state index in [4.69, 9.17) is 11.6 Å². The maximum atomic E-state index is 12.9. The van der Waals surface area contributed by atoms with Gasteiger partial charge in [-0.05, 0) is 41.1 Å². The van der Waals surface area contributed by atoms with E-state index < -0.39 is 35.3 Å². The maximum Gasteiger partial charge on any atom is 0.416 e. The minimum Gasteiger partial charge on any atom is -0.300 e. The van der Waals surface area contributed by atoms with Gasteiger partial charge in [-0.15, -0.1) is 11.3 Å². The molecule has 4 rings (SSSR count). The second-order valence-electron chi connectivity index (χ2n) is 7.34. The third-order valence-corrected chi connectivity index (χ3v) is 6.96. The van der Waals surface area contributed by atoms with Gasteiger partial charge in [0.15, 0.2) is 5.13 Å². The molecule has 3 aromatic rings. The third-order valence-electron chi connectivity index (χ3n) is 4.80. The van der Waals surface area contributed by atoms with Gasteiger partial charge < -0.3 is 5.32 Å². The standard InChI is InChI=1S/C23H15ClF3N3O3S2/c24-17-7-2-1-5-14(17)10-18-20(32)30(22(33)35-18)12-19(31)29-21-28-11-16(34-21)9-13-4-3-6-15(8-13)23(25,26)27/h1-8,10-11H,9,12H2,(H,28,29,31)/b18-10-. The van der Waals surface area contributed by atoms with E-state index in [0.29, 0.717) is 32.8 Å². The number of thiazole rings is 1. The Labute approximate surface area is 210 Å². The molecule has 1 aliphatic rings. The number of carbonyl (C=O) groups excluding carboxylic acids is 3. The Hall–Kier alpha value is -3.15. The van der Waals surface area contributed by atoms with Crippen molar-refractivity contribution in [3.63, 3.8) is 0 Å². The highest BCUT2D eigenvalue weighted by atomic mass is 35.5. The zero-order valence-corrected chi connectivity index (χ0v) is 20.0. The minimum absolute atomic E-state index is 0.147. The number of rotatable bonds is 6. The second-order valence-corrected chi connectivity index (χ2v) is 9.86. The van der Waals surface area contributed by atoms with Crippen molar-refractivity contribution in [3.05, 3.63) is 86.2 Å². The van der Waals surface area contributed by atoms with Crippen LogP contribution in [-0.4, -0.2) is 33.5 Å². The number of halogens is 4. The van der Waals surface area contributed by atoms with Crippen molar-refractivity contribution in [2.75, 3.05) is 11.9 Å². The summed E-state index contributed by atoms with van der Waals surface area (Å²) >= 11 is 7.89. The molecule has 0 atom stereocenters. The number of nitrogens with zero attached hydrogens (tertiary/aromatic N) is 2. The molecular weight excluding hydrogens is 523 g/mol. The Kier molecular flexibility index (Phi) is 7.29. The highest BCUT2D eigenvalue weighted by Crippen LogP contribution is 2.34. The van der Waals surface area contributed by atoms with Crippen molar-refractivity contribution in [2.45, 2.75) is 12.6 Å². The summed E-state index contributed by atoms with van der Waals surface area (Å²) in [5.74, 6) is -1.24. The van der Waals surface area contributed by atoms with E-state index >= 15 is 0 Å². The largest absolute Gasteiger partial charge is 0.416 e. The van der Waals surface area contributed by atoms with Crippen LogP contribution in [0.1, 0.15) is 21.6 Å². The summed E-state index contributed by atoms with van der Waals surface area (Å²) in [5, 5.41) is 2.55. The molecule has 1 saturated heterocycles. The van der Waals surface area contributed by atoms with E-state index in [1.165, 1.54) is 18.3 Å². The molecule has 0 unspecified atom stereocenters. The van der Waals surface area contributed by atoms with Crippen LogP contribution in [0.15, 0.2) is 59.6 Å². The Balaban J connectivity index is 1.38. The summed E-state index contributed by atoms with van der Waals surface area (Å²) in [6, 6.07) is 11.8. The molecule has 180 valence electrons. The van der Waals surface area contributed by atoms with Gasteiger partial charge in [-0.1, -0.05) is 48.0 Å². The second kappa shape index (κ2) is 10.2. The van der Waals surface area contributed by atoms with Crippen LogP contribution < -0.4 is 5.32 Å². The van der Waals surface area contributed by atoms with Gasteiger partial charge in [0.25, 0.3) is 11.1 Å². The van der Waals surface area contributed by atoms with Crippen LogP contribution in [0.2, 0.25) is 5.02 Å². The van der Waals surface area contributed by atoms with Crippen LogP contribution in [0, 0.1) is 0 Å². The molecule has 3 amide bonds. The van der Waals surface area contributed by atoms with Gasteiger partial charge in [-0.2, -0.15) is 13.2 Å². The first-order chi connectivity index (χ1) is 16.6.